The Morgan fingerprint density at radius 2 is 2.44 bits per heavy atom. The molecule has 0 fully saturated rings. The van der Waals surface area contributed by atoms with Crippen LogP contribution in [0.25, 0.3) is 0 Å². The van der Waals surface area contributed by atoms with Crippen LogP contribution in [0.15, 0.2) is 6.20 Å². The van der Waals surface area contributed by atoms with E-state index in [1.165, 1.54) is 16.9 Å². The van der Waals surface area contributed by atoms with Crippen molar-refractivity contribution in [2.45, 2.75) is 19.8 Å². The fraction of sp³-hybridized carbons (Fsp3) is 0.364. The van der Waals surface area contributed by atoms with Crippen molar-refractivity contribution in [2.75, 3.05) is 11.9 Å². The Kier molecular flexibility index (Phi) is 4.18. The SMILES string of the molecule is Cc1[nH]ncc1CCCNc1nc(Cl)c(C#N)s1. The largest absolute Gasteiger partial charge is 0.361 e. The topological polar surface area (TPSA) is 77.4 Å². The van der Waals surface area contributed by atoms with Gasteiger partial charge in [-0.15, -0.1) is 0 Å². The predicted octanol–water partition coefficient (Wildman–Crippen LogP) is 2.74. The number of hydrogen-bond acceptors (Lipinski definition) is 5. The molecular formula is C11H12ClN5S. The lowest BCUT2D eigenvalue weighted by Gasteiger charge is -2.01. The van der Waals surface area contributed by atoms with Gasteiger partial charge in [-0.25, -0.2) is 4.98 Å². The van der Waals surface area contributed by atoms with E-state index in [2.05, 4.69) is 20.5 Å². The van der Waals surface area contributed by atoms with Crippen LogP contribution in [0.5, 0.6) is 0 Å². The molecule has 18 heavy (non-hydrogen) atoms. The lowest BCUT2D eigenvalue weighted by molar-refractivity contribution is 0.856. The molecular weight excluding hydrogens is 270 g/mol. The third-order valence-corrected chi connectivity index (χ3v) is 3.82. The summed E-state index contributed by atoms with van der Waals surface area (Å²) in [6, 6.07) is 2.01. The number of anilines is 1. The van der Waals surface area contributed by atoms with E-state index in [-0.39, 0.29) is 5.15 Å². The number of aromatic amines is 1. The van der Waals surface area contributed by atoms with Crippen molar-refractivity contribution in [1.82, 2.24) is 15.2 Å². The van der Waals surface area contributed by atoms with Gasteiger partial charge < -0.3 is 5.32 Å². The highest BCUT2D eigenvalue weighted by atomic mass is 35.5. The van der Waals surface area contributed by atoms with Crippen molar-refractivity contribution in [1.29, 1.82) is 5.26 Å². The van der Waals surface area contributed by atoms with Gasteiger partial charge in [-0.1, -0.05) is 22.9 Å². The number of aryl methyl sites for hydroxylation is 2. The zero-order valence-electron chi connectivity index (χ0n) is 9.83. The molecule has 2 N–H and O–H groups in total. The minimum Gasteiger partial charge on any atom is -0.361 e. The normalized spacial score (nSPS) is 10.3. The van der Waals surface area contributed by atoms with Crippen molar-refractivity contribution in [3.63, 3.8) is 0 Å². The smallest absolute Gasteiger partial charge is 0.185 e. The van der Waals surface area contributed by atoms with E-state index in [0.717, 1.165) is 25.1 Å². The molecule has 2 aromatic rings. The van der Waals surface area contributed by atoms with Gasteiger partial charge in [0, 0.05) is 12.2 Å². The summed E-state index contributed by atoms with van der Waals surface area (Å²) in [5.41, 5.74) is 2.34. The number of rotatable bonds is 5. The zero-order valence-corrected chi connectivity index (χ0v) is 11.4. The standard InChI is InChI=1S/C11H12ClN5S/c1-7-8(6-15-17-7)3-2-4-14-11-16-10(12)9(5-13)18-11/h6H,2-4H2,1H3,(H,14,16)(H,15,17). The van der Waals surface area contributed by atoms with Crippen LogP contribution < -0.4 is 5.32 Å². The molecule has 94 valence electrons. The molecule has 0 radical (unpaired) electrons. The highest BCUT2D eigenvalue weighted by molar-refractivity contribution is 7.16. The summed E-state index contributed by atoms with van der Waals surface area (Å²) in [6.45, 7) is 2.80. The molecule has 0 aliphatic heterocycles. The Morgan fingerprint density at radius 1 is 1.61 bits per heavy atom. The van der Waals surface area contributed by atoms with Crippen molar-refractivity contribution in [3.05, 3.63) is 27.5 Å². The Morgan fingerprint density at radius 3 is 3.06 bits per heavy atom. The number of aromatic nitrogens is 3. The van der Waals surface area contributed by atoms with Gasteiger partial charge in [-0.3, -0.25) is 5.10 Å². The Hall–Kier alpha value is -1.58. The molecule has 0 aromatic carbocycles. The third-order valence-electron chi connectivity index (χ3n) is 2.52. The quantitative estimate of drug-likeness (QED) is 0.826. The summed E-state index contributed by atoms with van der Waals surface area (Å²) in [6.07, 6.45) is 3.78. The summed E-state index contributed by atoms with van der Waals surface area (Å²) in [4.78, 5) is 4.51. The van der Waals surface area contributed by atoms with Crippen LogP contribution in [-0.2, 0) is 6.42 Å². The molecule has 0 unspecified atom stereocenters. The molecule has 0 saturated heterocycles. The average Bonchev–Trinajstić information content (AvgIpc) is 2.91. The van der Waals surface area contributed by atoms with E-state index in [1.807, 2.05) is 19.2 Å². The summed E-state index contributed by atoms with van der Waals surface area (Å²) >= 11 is 7.06. The van der Waals surface area contributed by atoms with Gasteiger partial charge in [0.1, 0.15) is 10.9 Å². The molecule has 2 aromatic heterocycles. The van der Waals surface area contributed by atoms with Crippen molar-refractivity contribution < 1.29 is 0 Å². The summed E-state index contributed by atoms with van der Waals surface area (Å²) in [5, 5.41) is 19.8. The first kappa shape index (κ1) is 12.9. The number of halogens is 1. The van der Waals surface area contributed by atoms with Crippen molar-refractivity contribution in [3.8, 4) is 6.07 Å². The minimum absolute atomic E-state index is 0.274. The van der Waals surface area contributed by atoms with Gasteiger partial charge in [0.25, 0.3) is 0 Å². The number of H-pyrrole nitrogens is 1. The molecule has 0 atom stereocenters. The lowest BCUT2D eigenvalue weighted by atomic mass is 10.1. The first-order valence-corrected chi connectivity index (χ1v) is 6.69. The van der Waals surface area contributed by atoms with Gasteiger partial charge >= 0.3 is 0 Å². The van der Waals surface area contributed by atoms with Gasteiger partial charge in [0.05, 0.1) is 6.20 Å². The maximum absolute atomic E-state index is 8.76. The molecule has 7 heteroatoms. The molecule has 0 amide bonds. The zero-order chi connectivity index (χ0) is 13.0. The van der Waals surface area contributed by atoms with Gasteiger partial charge in [0.2, 0.25) is 0 Å². The minimum atomic E-state index is 0.274. The third kappa shape index (κ3) is 3.00. The fourth-order valence-corrected chi connectivity index (χ4v) is 2.52. The van der Waals surface area contributed by atoms with Gasteiger partial charge in [0.15, 0.2) is 10.3 Å². The van der Waals surface area contributed by atoms with E-state index in [0.29, 0.717) is 10.0 Å². The van der Waals surface area contributed by atoms with Crippen LogP contribution in [0, 0.1) is 18.3 Å². The molecule has 0 spiro atoms. The first-order valence-electron chi connectivity index (χ1n) is 5.50. The number of nitrogens with zero attached hydrogens (tertiary/aromatic N) is 3. The predicted molar refractivity (Wildman–Crippen MR) is 72.0 cm³/mol. The number of nitrogens with one attached hydrogen (secondary N) is 2. The van der Waals surface area contributed by atoms with Gasteiger partial charge in [-0.2, -0.15) is 10.4 Å². The second-order valence-electron chi connectivity index (χ2n) is 3.80. The second-order valence-corrected chi connectivity index (χ2v) is 5.16. The molecule has 0 aliphatic carbocycles. The van der Waals surface area contributed by atoms with Crippen molar-refractivity contribution in [2.24, 2.45) is 0 Å². The van der Waals surface area contributed by atoms with Crippen LogP contribution in [0.2, 0.25) is 5.15 Å². The summed E-state index contributed by atoms with van der Waals surface area (Å²) in [5.74, 6) is 0. The maximum atomic E-state index is 8.76. The van der Waals surface area contributed by atoms with Crippen LogP contribution in [0.3, 0.4) is 0 Å². The number of nitriles is 1. The molecule has 0 saturated carbocycles. The average molecular weight is 282 g/mol. The van der Waals surface area contributed by atoms with E-state index in [1.54, 1.807) is 0 Å². The monoisotopic (exact) mass is 281 g/mol. The first-order chi connectivity index (χ1) is 8.70. The van der Waals surface area contributed by atoms with E-state index in [9.17, 15) is 0 Å². The molecule has 0 aliphatic rings. The Labute approximate surface area is 114 Å². The van der Waals surface area contributed by atoms with Crippen molar-refractivity contribution >= 4 is 28.1 Å². The van der Waals surface area contributed by atoms with E-state index < -0.39 is 0 Å². The van der Waals surface area contributed by atoms with Crippen LogP contribution >= 0.6 is 22.9 Å². The maximum Gasteiger partial charge on any atom is 0.185 e. The van der Waals surface area contributed by atoms with E-state index in [4.69, 9.17) is 16.9 Å². The highest BCUT2D eigenvalue weighted by Crippen LogP contribution is 2.25. The summed E-state index contributed by atoms with van der Waals surface area (Å²) in [7, 11) is 0. The molecule has 5 nitrogen and oxygen atoms in total. The number of hydrogen-bond donors (Lipinski definition) is 2. The molecule has 2 rings (SSSR count). The van der Waals surface area contributed by atoms with Crippen LogP contribution in [0.4, 0.5) is 5.13 Å². The van der Waals surface area contributed by atoms with E-state index >= 15 is 0 Å². The molecule has 2 heterocycles. The fourth-order valence-electron chi connectivity index (χ4n) is 1.55. The lowest BCUT2D eigenvalue weighted by Crippen LogP contribution is -2.02. The van der Waals surface area contributed by atoms with Gasteiger partial charge in [-0.05, 0) is 25.3 Å². The Bertz CT molecular complexity index is 568. The summed E-state index contributed by atoms with van der Waals surface area (Å²) < 4.78 is 0. The van der Waals surface area contributed by atoms with Crippen LogP contribution in [-0.4, -0.2) is 21.7 Å². The van der Waals surface area contributed by atoms with Crippen LogP contribution in [0.1, 0.15) is 22.6 Å². The highest BCUT2D eigenvalue weighted by Gasteiger charge is 2.07. The number of thiazole rings is 1. The second kappa shape index (κ2) is 5.85. The Balaban J connectivity index is 1.79. The molecule has 0 bridgehead atoms.